The molecule has 0 bridgehead atoms. The molecular formula is C5H13N3O. The minimum Gasteiger partial charge on any atom is -0.276 e. The molecule has 0 atom stereocenters. The first-order chi connectivity index (χ1) is 4.35. The maximum absolute atomic E-state index is 10.1. The van der Waals surface area contributed by atoms with Gasteiger partial charge in [-0.3, -0.25) is 4.79 Å². The first-order valence-electron chi connectivity index (χ1n) is 3.06. The number of nitrogens with zero attached hydrogens (tertiary/aromatic N) is 1. The Morgan fingerprint density at radius 2 is 1.78 bits per heavy atom. The third kappa shape index (κ3) is 3.93. The summed E-state index contributed by atoms with van der Waals surface area (Å²) in [5.41, 5.74) is 5.57. The van der Waals surface area contributed by atoms with Crippen molar-refractivity contribution in [3.8, 4) is 0 Å². The van der Waals surface area contributed by atoms with Crippen molar-refractivity contribution in [3.05, 3.63) is 0 Å². The van der Waals surface area contributed by atoms with Crippen LogP contribution in [0.2, 0.25) is 0 Å². The molecule has 0 aromatic rings. The van der Waals surface area contributed by atoms with Crippen LogP contribution in [-0.4, -0.2) is 24.6 Å². The number of nitrogens with one attached hydrogen (secondary N) is 2. The van der Waals surface area contributed by atoms with E-state index in [1.807, 2.05) is 13.8 Å². The maximum atomic E-state index is 10.1. The van der Waals surface area contributed by atoms with Gasteiger partial charge in [0.25, 0.3) is 0 Å². The third-order valence-corrected chi connectivity index (χ3v) is 0.762. The van der Waals surface area contributed by atoms with Crippen LogP contribution in [0.5, 0.6) is 0 Å². The summed E-state index contributed by atoms with van der Waals surface area (Å²) in [5, 5.41) is 1.31. The van der Waals surface area contributed by atoms with Gasteiger partial charge in [0, 0.05) is 13.1 Å². The standard InChI is InChI=1S/C5H13N3O/c1-3-6-8(5-9)7-4-2/h5-7H,3-4H2,1-2H3. The normalized spacial score (nSPS) is 9.11. The molecule has 0 aromatic heterocycles. The Labute approximate surface area is 55.2 Å². The topological polar surface area (TPSA) is 44.4 Å². The summed E-state index contributed by atoms with van der Waals surface area (Å²) in [5.74, 6) is 0. The molecule has 9 heavy (non-hydrogen) atoms. The fraction of sp³-hybridized carbons (Fsp3) is 0.800. The Kier molecular flexibility index (Phi) is 5.15. The van der Waals surface area contributed by atoms with E-state index in [-0.39, 0.29) is 0 Å². The number of hydrogen-bond donors (Lipinski definition) is 2. The Morgan fingerprint density at radius 3 is 2.00 bits per heavy atom. The van der Waals surface area contributed by atoms with Gasteiger partial charge in [0.2, 0.25) is 6.41 Å². The van der Waals surface area contributed by atoms with Gasteiger partial charge in [-0.15, -0.1) is 0 Å². The molecule has 4 heteroatoms. The molecule has 0 spiro atoms. The van der Waals surface area contributed by atoms with Gasteiger partial charge in [-0.2, -0.15) is 0 Å². The number of rotatable bonds is 5. The van der Waals surface area contributed by atoms with Gasteiger partial charge in [-0.25, -0.2) is 16.0 Å². The number of hydrogen-bond acceptors (Lipinski definition) is 3. The lowest BCUT2D eigenvalue weighted by Gasteiger charge is -2.16. The molecule has 0 aromatic carbocycles. The average Bonchev–Trinajstić information content (AvgIpc) is 1.88. The molecule has 0 heterocycles. The van der Waals surface area contributed by atoms with Gasteiger partial charge < -0.3 is 0 Å². The number of carbonyl (C=O) groups is 1. The van der Waals surface area contributed by atoms with Gasteiger partial charge >= 0.3 is 0 Å². The maximum Gasteiger partial charge on any atom is 0.238 e. The molecule has 2 N–H and O–H groups in total. The lowest BCUT2D eigenvalue weighted by molar-refractivity contribution is -0.124. The highest BCUT2D eigenvalue weighted by atomic mass is 16.2. The van der Waals surface area contributed by atoms with E-state index in [0.29, 0.717) is 6.41 Å². The molecule has 0 unspecified atom stereocenters. The zero-order valence-electron chi connectivity index (χ0n) is 5.85. The fourth-order valence-corrected chi connectivity index (χ4v) is 0.471. The van der Waals surface area contributed by atoms with Crippen molar-refractivity contribution in [1.82, 2.24) is 16.0 Å². The van der Waals surface area contributed by atoms with Crippen molar-refractivity contribution in [1.29, 1.82) is 0 Å². The van der Waals surface area contributed by atoms with E-state index in [1.165, 1.54) is 5.12 Å². The van der Waals surface area contributed by atoms with Crippen molar-refractivity contribution < 1.29 is 4.79 Å². The van der Waals surface area contributed by atoms with E-state index < -0.39 is 0 Å². The van der Waals surface area contributed by atoms with E-state index in [0.717, 1.165) is 13.1 Å². The summed E-state index contributed by atoms with van der Waals surface area (Å²) in [6, 6.07) is 0. The predicted molar refractivity (Wildman–Crippen MR) is 35.3 cm³/mol. The summed E-state index contributed by atoms with van der Waals surface area (Å²) in [7, 11) is 0. The van der Waals surface area contributed by atoms with Crippen molar-refractivity contribution in [2.45, 2.75) is 13.8 Å². The quantitative estimate of drug-likeness (QED) is 0.390. The predicted octanol–water partition coefficient (Wildman–Crippen LogP) is -0.506. The van der Waals surface area contributed by atoms with Crippen LogP contribution < -0.4 is 10.9 Å². The summed E-state index contributed by atoms with van der Waals surface area (Å²) in [6.45, 7) is 5.33. The van der Waals surface area contributed by atoms with E-state index in [9.17, 15) is 4.79 Å². The smallest absolute Gasteiger partial charge is 0.238 e. The minimum absolute atomic E-state index is 0.701. The van der Waals surface area contributed by atoms with Crippen LogP contribution in [0.1, 0.15) is 13.8 Å². The molecule has 0 radical (unpaired) electrons. The van der Waals surface area contributed by atoms with E-state index in [4.69, 9.17) is 0 Å². The highest BCUT2D eigenvalue weighted by Crippen LogP contribution is 1.64. The summed E-state index contributed by atoms with van der Waals surface area (Å²) in [4.78, 5) is 10.1. The first kappa shape index (κ1) is 8.39. The lowest BCUT2D eigenvalue weighted by atomic mass is 10.8. The Balaban J connectivity index is 3.29. The summed E-state index contributed by atoms with van der Waals surface area (Å²) < 4.78 is 0. The van der Waals surface area contributed by atoms with Crippen molar-refractivity contribution in [3.63, 3.8) is 0 Å². The molecule has 54 valence electrons. The zero-order chi connectivity index (χ0) is 7.11. The van der Waals surface area contributed by atoms with Gasteiger partial charge in [-0.1, -0.05) is 13.8 Å². The Hall–Kier alpha value is -0.610. The fourth-order valence-electron chi connectivity index (χ4n) is 0.471. The average molecular weight is 131 g/mol. The van der Waals surface area contributed by atoms with Gasteiger partial charge in [-0.05, 0) is 0 Å². The largest absolute Gasteiger partial charge is 0.276 e. The van der Waals surface area contributed by atoms with Gasteiger partial charge in [0.1, 0.15) is 0 Å². The molecule has 0 fully saturated rings. The molecule has 0 saturated heterocycles. The molecule has 0 rings (SSSR count). The second-order valence-corrected chi connectivity index (χ2v) is 1.50. The molecule has 0 aliphatic rings. The Morgan fingerprint density at radius 1 is 1.33 bits per heavy atom. The van der Waals surface area contributed by atoms with E-state index >= 15 is 0 Å². The number of carbonyl (C=O) groups excluding carboxylic acids is 1. The van der Waals surface area contributed by atoms with Crippen LogP contribution in [0, 0.1) is 0 Å². The molecular weight excluding hydrogens is 118 g/mol. The SMILES string of the molecule is CCNN(C=O)NCC. The summed E-state index contributed by atoms with van der Waals surface area (Å²) in [6.07, 6.45) is 0.701. The molecule has 0 saturated carbocycles. The summed E-state index contributed by atoms with van der Waals surface area (Å²) >= 11 is 0. The number of hydrazine groups is 2. The van der Waals surface area contributed by atoms with Crippen LogP contribution in [0.25, 0.3) is 0 Å². The second kappa shape index (κ2) is 5.53. The molecule has 0 aliphatic carbocycles. The monoisotopic (exact) mass is 131 g/mol. The minimum atomic E-state index is 0.701. The third-order valence-electron chi connectivity index (χ3n) is 0.762. The molecule has 1 amide bonds. The van der Waals surface area contributed by atoms with Crippen molar-refractivity contribution in [2.24, 2.45) is 0 Å². The van der Waals surface area contributed by atoms with Crippen LogP contribution in [0.15, 0.2) is 0 Å². The van der Waals surface area contributed by atoms with E-state index in [2.05, 4.69) is 10.9 Å². The lowest BCUT2D eigenvalue weighted by Crippen LogP contribution is -2.46. The Bertz CT molecular complexity index is 70.6. The van der Waals surface area contributed by atoms with Gasteiger partial charge in [0.15, 0.2) is 0 Å². The van der Waals surface area contributed by atoms with Gasteiger partial charge in [0.05, 0.1) is 0 Å². The van der Waals surface area contributed by atoms with Crippen LogP contribution in [0.4, 0.5) is 0 Å². The molecule has 4 nitrogen and oxygen atoms in total. The first-order valence-corrected chi connectivity index (χ1v) is 3.06. The van der Waals surface area contributed by atoms with Crippen LogP contribution in [0.3, 0.4) is 0 Å². The highest BCUT2D eigenvalue weighted by Gasteiger charge is 1.91. The highest BCUT2D eigenvalue weighted by molar-refractivity contribution is 5.44. The molecule has 0 aliphatic heterocycles. The van der Waals surface area contributed by atoms with Crippen molar-refractivity contribution in [2.75, 3.05) is 13.1 Å². The zero-order valence-corrected chi connectivity index (χ0v) is 5.85. The van der Waals surface area contributed by atoms with E-state index in [1.54, 1.807) is 0 Å². The number of amides is 1. The van der Waals surface area contributed by atoms with Crippen LogP contribution in [-0.2, 0) is 4.79 Å². The second-order valence-electron chi connectivity index (χ2n) is 1.50. The van der Waals surface area contributed by atoms with Crippen LogP contribution >= 0.6 is 0 Å². The van der Waals surface area contributed by atoms with Crippen molar-refractivity contribution >= 4 is 6.41 Å².